The third kappa shape index (κ3) is 3.71. The third-order valence-corrected chi connectivity index (χ3v) is 5.16. The summed E-state index contributed by atoms with van der Waals surface area (Å²) in [6, 6.07) is 17.7. The number of hydrogen-bond donors (Lipinski definition) is 1. The van der Waals surface area contributed by atoms with Crippen LogP contribution in [0.5, 0.6) is 11.5 Å². The van der Waals surface area contributed by atoms with Crippen molar-refractivity contribution in [3.63, 3.8) is 0 Å². The van der Waals surface area contributed by atoms with Gasteiger partial charge in [0.1, 0.15) is 13.2 Å². The molecule has 0 bridgehead atoms. The van der Waals surface area contributed by atoms with E-state index in [4.69, 9.17) is 9.47 Å². The number of nitrogens with one attached hydrogen (secondary N) is 1. The van der Waals surface area contributed by atoms with Crippen molar-refractivity contribution in [2.24, 2.45) is 0 Å². The first-order valence-corrected chi connectivity index (χ1v) is 9.49. The highest BCUT2D eigenvalue weighted by Crippen LogP contribution is 2.38. The number of hydrogen-bond acceptors (Lipinski definition) is 3. The average Bonchev–Trinajstić information content (AvgIpc) is 2.68. The van der Waals surface area contributed by atoms with Crippen LogP contribution < -0.4 is 14.8 Å². The van der Waals surface area contributed by atoms with E-state index in [1.807, 2.05) is 30.3 Å². The van der Waals surface area contributed by atoms with Crippen molar-refractivity contribution in [2.75, 3.05) is 25.6 Å². The van der Waals surface area contributed by atoms with Crippen LogP contribution in [0.3, 0.4) is 0 Å². The number of fused-ring (bicyclic) bond motifs is 2. The lowest BCUT2D eigenvalue weighted by molar-refractivity contribution is 0.171. The van der Waals surface area contributed by atoms with Gasteiger partial charge in [0, 0.05) is 30.2 Å². The zero-order valence-corrected chi connectivity index (χ0v) is 16.5. The quantitative estimate of drug-likeness (QED) is 0.638. The lowest BCUT2D eigenvalue weighted by Gasteiger charge is -2.22. The summed E-state index contributed by atoms with van der Waals surface area (Å²) in [6.45, 7) is 1.54. The second-order valence-corrected chi connectivity index (χ2v) is 7.25. The fourth-order valence-corrected chi connectivity index (χ4v) is 3.55. The summed E-state index contributed by atoms with van der Waals surface area (Å²) in [5.74, 6) is 1.31. The van der Waals surface area contributed by atoms with Crippen molar-refractivity contribution in [2.45, 2.75) is 6.54 Å². The molecule has 0 aromatic heterocycles. The number of carbonyl (C=O) groups is 1. The van der Waals surface area contributed by atoms with Crippen molar-refractivity contribution < 1.29 is 14.3 Å². The first-order chi connectivity index (χ1) is 13.1. The van der Waals surface area contributed by atoms with Crippen molar-refractivity contribution in [1.29, 1.82) is 0 Å². The highest BCUT2D eigenvalue weighted by Gasteiger charge is 2.18. The zero-order valence-electron chi connectivity index (χ0n) is 14.9. The predicted molar refractivity (Wildman–Crippen MR) is 110 cm³/mol. The summed E-state index contributed by atoms with van der Waals surface area (Å²) >= 11 is 3.48. The van der Waals surface area contributed by atoms with Crippen LogP contribution in [0.4, 0.5) is 10.5 Å². The Hall–Kier alpha value is -2.73. The summed E-state index contributed by atoms with van der Waals surface area (Å²) in [5.41, 5.74) is 1.75. The fraction of sp³-hybridized carbons (Fsp3) is 0.190. The van der Waals surface area contributed by atoms with Gasteiger partial charge < -0.3 is 19.7 Å². The molecule has 0 radical (unpaired) electrons. The molecular weight excluding hydrogens is 408 g/mol. The van der Waals surface area contributed by atoms with E-state index >= 15 is 0 Å². The maximum Gasteiger partial charge on any atom is 0.321 e. The molecule has 0 saturated carbocycles. The molecule has 4 rings (SSSR count). The van der Waals surface area contributed by atoms with Gasteiger partial charge in [-0.25, -0.2) is 4.79 Å². The summed E-state index contributed by atoms with van der Waals surface area (Å²) in [5, 5.41) is 5.25. The number of ether oxygens (including phenoxy) is 2. The second kappa shape index (κ2) is 7.48. The Balaban J connectivity index is 1.51. The van der Waals surface area contributed by atoms with E-state index in [9.17, 15) is 4.79 Å². The van der Waals surface area contributed by atoms with Gasteiger partial charge in [-0.05, 0) is 32.3 Å². The van der Waals surface area contributed by atoms with Gasteiger partial charge in [0.15, 0.2) is 11.5 Å². The van der Waals surface area contributed by atoms with Crippen LogP contribution in [0, 0.1) is 0 Å². The SMILES string of the molecule is CN(Cc1cccc2ccccc12)C(=O)Nc1cc2c(cc1Br)OCCO2. The molecule has 1 aliphatic rings. The van der Waals surface area contributed by atoms with E-state index in [0.717, 1.165) is 15.4 Å². The van der Waals surface area contributed by atoms with Crippen molar-refractivity contribution in [1.82, 2.24) is 4.90 Å². The molecule has 1 heterocycles. The number of amides is 2. The van der Waals surface area contributed by atoms with Gasteiger partial charge in [-0.1, -0.05) is 42.5 Å². The van der Waals surface area contributed by atoms with Crippen LogP contribution in [0.1, 0.15) is 5.56 Å². The molecule has 0 aliphatic carbocycles. The van der Waals surface area contributed by atoms with E-state index in [2.05, 4.69) is 39.4 Å². The fourth-order valence-electron chi connectivity index (χ4n) is 3.13. The number of halogens is 1. The van der Waals surface area contributed by atoms with E-state index in [1.165, 1.54) is 5.39 Å². The van der Waals surface area contributed by atoms with Gasteiger partial charge in [0.05, 0.1) is 5.69 Å². The molecule has 6 heteroatoms. The molecule has 1 aliphatic heterocycles. The van der Waals surface area contributed by atoms with Gasteiger partial charge in [-0.3, -0.25) is 0 Å². The zero-order chi connectivity index (χ0) is 18.8. The molecule has 2 amide bonds. The number of rotatable bonds is 3. The minimum Gasteiger partial charge on any atom is -0.486 e. The minimum absolute atomic E-state index is 0.194. The van der Waals surface area contributed by atoms with Crippen LogP contribution in [0.2, 0.25) is 0 Å². The summed E-state index contributed by atoms with van der Waals surface area (Å²) < 4.78 is 11.9. The van der Waals surface area contributed by atoms with Crippen LogP contribution in [0.25, 0.3) is 10.8 Å². The molecule has 1 N–H and O–H groups in total. The van der Waals surface area contributed by atoms with Gasteiger partial charge in [-0.2, -0.15) is 0 Å². The van der Waals surface area contributed by atoms with Crippen molar-refractivity contribution >= 4 is 38.4 Å². The van der Waals surface area contributed by atoms with Crippen LogP contribution in [-0.2, 0) is 6.54 Å². The Bertz CT molecular complexity index is 1000. The van der Waals surface area contributed by atoms with Gasteiger partial charge in [0.25, 0.3) is 0 Å². The molecule has 27 heavy (non-hydrogen) atoms. The average molecular weight is 427 g/mol. The smallest absolute Gasteiger partial charge is 0.321 e. The minimum atomic E-state index is -0.194. The Morgan fingerprint density at radius 2 is 1.78 bits per heavy atom. The topological polar surface area (TPSA) is 50.8 Å². The van der Waals surface area contributed by atoms with Gasteiger partial charge >= 0.3 is 6.03 Å². The van der Waals surface area contributed by atoms with E-state index < -0.39 is 0 Å². The van der Waals surface area contributed by atoms with Crippen LogP contribution >= 0.6 is 15.9 Å². The molecule has 0 fully saturated rings. The molecule has 3 aromatic rings. The first kappa shape index (κ1) is 17.7. The van der Waals surface area contributed by atoms with E-state index in [0.29, 0.717) is 36.9 Å². The second-order valence-electron chi connectivity index (χ2n) is 6.40. The van der Waals surface area contributed by atoms with Crippen LogP contribution in [0.15, 0.2) is 59.1 Å². The highest BCUT2D eigenvalue weighted by atomic mass is 79.9. The Morgan fingerprint density at radius 1 is 1.07 bits per heavy atom. The highest BCUT2D eigenvalue weighted by molar-refractivity contribution is 9.10. The first-order valence-electron chi connectivity index (χ1n) is 8.70. The number of nitrogens with zero attached hydrogens (tertiary/aromatic N) is 1. The lowest BCUT2D eigenvalue weighted by Crippen LogP contribution is -2.31. The summed E-state index contributed by atoms with van der Waals surface area (Å²) in [7, 11) is 1.78. The monoisotopic (exact) mass is 426 g/mol. The maximum absolute atomic E-state index is 12.7. The maximum atomic E-state index is 12.7. The number of anilines is 1. The van der Waals surface area contributed by atoms with E-state index in [-0.39, 0.29) is 6.03 Å². The Labute approximate surface area is 166 Å². The Morgan fingerprint density at radius 3 is 2.59 bits per heavy atom. The molecule has 3 aromatic carbocycles. The molecule has 138 valence electrons. The largest absolute Gasteiger partial charge is 0.486 e. The van der Waals surface area contributed by atoms with Crippen molar-refractivity contribution in [3.05, 3.63) is 64.6 Å². The molecule has 0 spiro atoms. The standard InChI is InChI=1S/C21H19BrN2O3/c1-24(13-15-7-4-6-14-5-2-3-8-16(14)15)21(25)23-18-12-20-19(11-17(18)22)26-9-10-27-20/h2-8,11-12H,9-10,13H2,1H3,(H,23,25). The number of benzene rings is 3. The molecule has 0 atom stereocenters. The lowest BCUT2D eigenvalue weighted by atomic mass is 10.0. The molecule has 0 saturated heterocycles. The normalized spacial score (nSPS) is 12.7. The van der Waals surface area contributed by atoms with Gasteiger partial charge in [0.2, 0.25) is 0 Å². The summed E-state index contributed by atoms with van der Waals surface area (Å²) in [4.78, 5) is 14.4. The van der Waals surface area contributed by atoms with Crippen LogP contribution in [-0.4, -0.2) is 31.2 Å². The molecular formula is C21H19BrN2O3. The predicted octanol–water partition coefficient (Wildman–Crippen LogP) is 5.04. The number of urea groups is 1. The van der Waals surface area contributed by atoms with Gasteiger partial charge in [-0.15, -0.1) is 0 Å². The van der Waals surface area contributed by atoms with Crippen molar-refractivity contribution in [3.8, 4) is 11.5 Å². The van der Waals surface area contributed by atoms with E-state index in [1.54, 1.807) is 18.0 Å². The molecule has 5 nitrogen and oxygen atoms in total. The molecule has 0 unspecified atom stereocenters. The third-order valence-electron chi connectivity index (χ3n) is 4.51. The summed E-state index contributed by atoms with van der Waals surface area (Å²) in [6.07, 6.45) is 0. The number of carbonyl (C=O) groups excluding carboxylic acids is 1. The Kier molecular flexibility index (Phi) is 4.90.